The van der Waals surface area contributed by atoms with Crippen LogP contribution in [-0.4, -0.2) is 23.4 Å². The van der Waals surface area contributed by atoms with Crippen LogP contribution in [0, 0.1) is 5.92 Å². The van der Waals surface area contributed by atoms with Crippen LogP contribution in [0.2, 0.25) is 0 Å². The lowest BCUT2D eigenvalue weighted by molar-refractivity contribution is -0.138. The Morgan fingerprint density at radius 2 is 1.80 bits per heavy atom. The highest BCUT2D eigenvalue weighted by Gasteiger charge is 2.34. The molecule has 0 aliphatic heterocycles. The molecule has 0 aliphatic rings. The highest BCUT2D eigenvalue weighted by Crippen LogP contribution is 2.33. The molecule has 0 amide bonds. The van der Waals surface area contributed by atoms with Crippen molar-refractivity contribution in [3.8, 4) is 5.69 Å². The van der Waals surface area contributed by atoms with E-state index in [4.69, 9.17) is 0 Å². The molecule has 0 radical (unpaired) electrons. The fourth-order valence-electron chi connectivity index (χ4n) is 3.01. The molecule has 0 aliphatic carbocycles. The summed E-state index contributed by atoms with van der Waals surface area (Å²) >= 11 is 0. The van der Waals surface area contributed by atoms with E-state index >= 15 is 0 Å². The van der Waals surface area contributed by atoms with Crippen molar-refractivity contribution in [1.29, 1.82) is 0 Å². The van der Waals surface area contributed by atoms with Crippen molar-refractivity contribution in [2.75, 3.05) is 0 Å². The van der Waals surface area contributed by atoms with E-state index in [1.165, 1.54) is 41.1 Å². The second-order valence-corrected chi connectivity index (χ2v) is 9.49. The van der Waals surface area contributed by atoms with Crippen molar-refractivity contribution in [1.82, 2.24) is 15.0 Å². The molecule has 0 spiro atoms. The van der Waals surface area contributed by atoms with Gasteiger partial charge in [0.1, 0.15) is 0 Å². The van der Waals surface area contributed by atoms with Gasteiger partial charge in [0, 0.05) is 0 Å². The van der Waals surface area contributed by atoms with Crippen LogP contribution in [0.3, 0.4) is 0 Å². The van der Waals surface area contributed by atoms with Crippen molar-refractivity contribution < 1.29 is 21.6 Å². The topological polar surface area (TPSA) is 64.8 Å². The van der Waals surface area contributed by atoms with Gasteiger partial charge in [-0.3, -0.25) is 0 Å². The number of halogens is 3. The largest absolute Gasteiger partial charge is 0.416 e. The zero-order valence-corrected chi connectivity index (χ0v) is 17.4. The predicted molar refractivity (Wildman–Crippen MR) is 107 cm³/mol. The van der Waals surface area contributed by atoms with E-state index in [-0.39, 0.29) is 10.5 Å². The van der Waals surface area contributed by atoms with Gasteiger partial charge in [0.2, 0.25) is 0 Å². The van der Waals surface area contributed by atoms with Crippen molar-refractivity contribution in [2.24, 2.45) is 5.92 Å². The number of sulfone groups is 1. The Hall–Kier alpha value is -2.68. The molecule has 3 aromatic rings. The molecule has 0 saturated heterocycles. The van der Waals surface area contributed by atoms with E-state index in [1.807, 2.05) is 0 Å². The molecule has 9 heteroatoms. The molecule has 160 valence electrons. The molecule has 0 bridgehead atoms. The molecule has 1 aromatic heterocycles. The first-order chi connectivity index (χ1) is 14.1. The summed E-state index contributed by atoms with van der Waals surface area (Å²) in [6.07, 6.45) is -1.19. The van der Waals surface area contributed by atoms with Gasteiger partial charge < -0.3 is 0 Å². The normalized spacial score (nSPS) is 12.5. The Bertz CT molecular complexity index is 1120. The molecule has 0 saturated carbocycles. The Morgan fingerprint density at radius 1 is 1.07 bits per heavy atom. The zero-order valence-electron chi connectivity index (χ0n) is 16.6. The summed E-state index contributed by atoms with van der Waals surface area (Å²) < 4.78 is 66.8. The molecule has 2 aromatic carbocycles. The van der Waals surface area contributed by atoms with E-state index in [2.05, 4.69) is 24.2 Å². The van der Waals surface area contributed by atoms with E-state index in [0.29, 0.717) is 11.6 Å². The number of rotatable bonds is 7. The van der Waals surface area contributed by atoms with Gasteiger partial charge >= 0.3 is 6.18 Å². The number of hydrogen-bond acceptors (Lipinski definition) is 4. The molecular formula is C21H22F3N3O2S. The smallest absolute Gasteiger partial charge is 0.223 e. The third kappa shape index (κ3) is 5.27. The predicted octanol–water partition coefficient (Wildman–Crippen LogP) is 4.85. The minimum atomic E-state index is -4.62. The van der Waals surface area contributed by atoms with Crippen molar-refractivity contribution in [2.45, 2.75) is 43.5 Å². The molecule has 0 unspecified atom stereocenters. The van der Waals surface area contributed by atoms with Crippen molar-refractivity contribution in [3.63, 3.8) is 0 Å². The Kier molecular flexibility index (Phi) is 6.30. The van der Waals surface area contributed by atoms with Crippen LogP contribution in [0.15, 0.2) is 59.6 Å². The lowest BCUT2D eigenvalue weighted by Gasteiger charge is -2.13. The first-order valence-corrected chi connectivity index (χ1v) is 11.1. The van der Waals surface area contributed by atoms with Gasteiger partial charge in [-0.05, 0) is 48.6 Å². The maximum Gasteiger partial charge on any atom is 0.416 e. The molecule has 0 atom stereocenters. The summed E-state index contributed by atoms with van der Waals surface area (Å²) in [5.74, 6) is -0.230. The summed E-state index contributed by atoms with van der Waals surface area (Å²) in [4.78, 5) is -0.0730. The van der Waals surface area contributed by atoms with Crippen LogP contribution in [0.4, 0.5) is 13.2 Å². The highest BCUT2D eigenvalue weighted by molar-refractivity contribution is 7.90. The fourth-order valence-corrected chi connectivity index (χ4v) is 4.42. The Labute approximate surface area is 173 Å². The van der Waals surface area contributed by atoms with E-state index in [9.17, 15) is 21.6 Å². The summed E-state index contributed by atoms with van der Waals surface area (Å²) in [7, 11) is -4.00. The molecule has 0 fully saturated rings. The lowest BCUT2D eigenvalue weighted by atomic mass is 10.1. The minimum absolute atomic E-state index is 0.0730. The van der Waals surface area contributed by atoms with Gasteiger partial charge in [-0.1, -0.05) is 43.3 Å². The van der Waals surface area contributed by atoms with Crippen molar-refractivity contribution >= 4 is 9.84 Å². The van der Waals surface area contributed by atoms with Gasteiger partial charge in [0.25, 0.3) is 0 Å². The molecule has 5 nitrogen and oxygen atoms in total. The Balaban J connectivity index is 1.87. The van der Waals surface area contributed by atoms with E-state index < -0.39 is 27.3 Å². The molecule has 3 rings (SSSR count). The average Bonchev–Trinajstić information content (AvgIpc) is 3.15. The van der Waals surface area contributed by atoms with Crippen LogP contribution in [0.1, 0.15) is 37.1 Å². The number of nitrogens with zero attached hydrogens (tertiary/aromatic N) is 3. The monoisotopic (exact) mass is 437 g/mol. The SMILES string of the molecule is CC(C)CCc1cn(-c2cccc(S(=O)(=O)Cc3ccccc3C(F)(F)F)c2)nn1. The average molecular weight is 437 g/mol. The molecule has 1 heterocycles. The molecule has 0 N–H and O–H groups in total. The number of aryl methyl sites for hydroxylation is 1. The van der Waals surface area contributed by atoms with Crippen LogP contribution in [0.25, 0.3) is 5.69 Å². The lowest BCUT2D eigenvalue weighted by Crippen LogP contribution is -2.13. The second kappa shape index (κ2) is 8.59. The summed E-state index contributed by atoms with van der Waals surface area (Å²) in [5.41, 5.74) is 0.0301. The van der Waals surface area contributed by atoms with E-state index in [1.54, 1.807) is 12.3 Å². The molecular weight excluding hydrogens is 415 g/mol. The summed E-state index contributed by atoms with van der Waals surface area (Å²) in [6.45, 7) is 4.21. The third-order valence-electron chi connectivity index (χ3n) is 4.63. The van der Waals surface area contributed by atoms with Gasteiger partial charge in [0.05, 0.1) is 33.8 Å². The van der Waals surface area contributed by atoms with Crippen LogP contribution < -0.4 is 0 Å². The van der Waals surface area contributed by atoms with Gasteiger partial charge in [-0.2, -0.15) is 13.2 Å². The summed E-state index contributed by atoms with van der Waals surface area (Å²) in [5, 5.41) is 8.14. The van der Waals surface area contributed by atoms with Gasteiger partial charge in [0.15, 0.2) is 9.84 Å². The minimum Gasteiger partial charge on any atom is -0.223 e. The number of hydrogen-bond donors (Lipinski definition) is 0. The quantitative estimate of drug-likeness (QED) is 0.530. The maximum atomic E-state index is 13.2. The van der Waals surface area contributed by atoms with Crippen LogP contribution in [0.5, 0.6) is 0 Å². The maximum absolute atomic E-state index is 13.2. The van der Waals surface area contributed by atoms with E-state index in [0.717, 1.165) is 24.6 Å². The summed E-state index contributed by atoms with van der Waals surface area (Å²) in [6, 6.07) is 10.7. The highest BCUT2D eigenvalue weighted by atomic mass is 32.2. The number of benzene rings is 2. The van der Waals surface area contributed by atoms with Gasteiger partial charge in [-0.15, -0.1) is 5.10 Å². The second-order valence-electron chi connectivity index (χ2n) is 7.50. The standard InChI is InChI=1S/C21H22F3N3O2S/c1-15(2)10-11-17-13-27(26-25-17)18-7-5-8-19(12-18)30(28,29)14-16-6-3-4-9-20(16)21(22,23)24/h3-9,12-13,15H,10-11,14H2,1-2H3. The third-order valence-corrected chi connectivity index (χ3v) is 6.29. The first-order valence-electron chi connectivity index (χ1n) is 9.46. The zero-order chi connectivity index (χ0) is 21.9. The van der Waals surface area contributed by atoms with Gasteiger partial charge in [-0.25, -0.2) is 13.1 Å². The number of aromatic nitrogens is 3. The fraction of sp³-hybridized carbons (Fsp3) is 0.333. The Morgan fingerprint density at radius 3 is 2.50 bits per heavy atom. The first kappa shape index (κ1) is 22.0. The van der Waals surface area contributed by atoms with Crippen LogP contribution in [-0.2, 0) is 28.2 Å². The van der Waals surface area contributed by atoms with Crippen LogP contribution >= 0.6 is 0 Å². The molecule has 30 heavy (non-hydrogen) atoms. The number of alkyl halides is 3. The van der Waals surface area contributed by atoms with Crippen molar-refractivity contribution in [3.05, 3.63) is 71.5 Å².